The Kier molecular flexibility index (Phi) is 6.31. The van der Waals surface area contributed by atoms with Crippen LogP contribution in [0.1, 0.15) is 26.7 Å². The summed E-state index contributed by atoms with van der Waals surface area (Å²) in [4.78, 5) is 11.2. The molecule has 0 saturated heterocycles. The van der Waals surface area contributed by atoms with Gasteiger partial charge < -0.3 is 4.74 Å². The predicted molar refractivity (Wildman–Crippen MR) is 49.4 cm³/mol. The molecule has 0 bridgehead atoms. The van der Waals surface area contributed by atoms with E-state index in [2.05, 4.69) is 10.1 Å². The van der Waals surface area contributed by atoms with Crippen LogP contribution in [0.25, 0.3) is 0 Å². The molecule has 0 aliphatic rings. The zero-order chi connectivity index (χ0) is 11.9. The fourth-order valence-corrected chi connectivity index (χ4v) is 1.07. The second-order valence-electron chi connectivity index (χ2n) is 3.09. The van der Waals surface area contributed by atoms with Crippen molar-refractivity contribution < 1.29 is 22.7 Å². The van der Waals surface area contributed by atoms with Gasteiger partial charge in [0.25, 0.3) is 0 Å². The first-order chi connectivity index (χ1) is 6.90. The van der Waals surface area contributed by atoms with Crippen molar-refractivity contribution in [3.63, 3.8) is 0 Å². The van der Waals surface area contributed by atoms with Crippen LogP contribution in [0.15, 0.2) is 0 Å². The highest BCUT2D eigenvalue weighted by Crippen LogP contribution is 2.13. The largest absolute Gasteiger partial charge is 0.465 e. The third kappa shape index (κ3) is 7.18. The van der Waals surface area contributed by atoms with E-state index >= 15 is 0 Å². The Hall–Kier alpha value is -0.780. The van der Waals surface area contributed by atoms with E-state index in [1.165, 1.54) is 0 Å². The summed E-state index contributed by atoms with van der Waals surface area (Å²) in [7, 11) is 0. The van der Waals surface area contributed by atoms with Crippen molar-refractivity contribution >= 4 is 5.97 Å². The zero-order valence-corrected chi connectivity index (χ0v) is 8.86. The zero-order valence-electron chi connectivity index (χ0n) is 8.86. The van der Waals surface area contributed by atoms with Crippen LogP contribution in [0.2, 0.25) is 0 Å². The standard InChI is InChI=1S/C9H16F3NO2/c1-3-5-7(8(14)15-4-2)13-6-9(10,11)12/h7,13H,3-6H2,1-2H3. The number of esters is 1. The van der Waals surface area contributed by atoms with Gasteiger partial charge in [-0.15, -0.1) is 0 Å². The Bertz CT molecular complexity index is 194. The average molecular weight is 227 g/mol. The number of hydrogen-bond donors (Lipinski definition) is 1. The van der Waals surface area contributed by atoms with Crippen LogP contribution in [0, 0.1) is 0 Å². The molecule has 0 aromatic rings. The summed E-state index contributed by atoms with van der Waals surface area (Å²) in [6, 6.07) is -0.864. The van der Waals surface area contributed by atoms with E-state index in [4.69, 9.17) is 0 Å². The maximum absolute atomic E-state index is 11.9. The lowest BCUT2D eigenvalue weighted by molar-refractivity contribution is -0.149. The molecule has 1 unspecified atom stereocenters. The lowest BCUT2D eigenvalue weighted by Gasteiger charge is -2.17. The van der Waals surface area contributed by atoms with Gasteiger partial charge in [-0.3, -0.25) is 10.1 Å². The third-order valence-corrected chi connectivity index (χ3v) is 1.70. The first kappa shape index (κ1) is 14.2. The van der Waals surface area contributed by atoms with Crippen molar-refractivity contribution in [3.8, 4) is 0 Å². The molecule has 0 radical (unpaired) electrons. The van der Waals surface area contributed by atoms with Gasteiger partial charge in [-0.1, -0.05) is 13.3 Å². The van der Waals surface area contributed by atoms with Gasteiger partial charge in [0.1, 0.15) is 6.04 Å². The summed E-state index contributed by atoms with van der Waals surface area (Å²) in [5.74, 6) is -0.622. The molecule has 0 fully saturated rings. The topological polar surface area (TPSA) is 38.3 Å². The summed E-state index contributed by atoms with van der Waals surface area (Å²) in [5, 5.41) is 2.15. The van der Waals surface area contributed by atoms with Crippen molar-refractivity contribution in [2.45, 2.75) is 38.9 Å². The molecule has 6 heteroatoms. The summed E-state index contributed by atoms with van der Waals surface area (Å²) in [5.41, 5.74) is 0. The van der Waals surface area contributed by atoms with Crippen LogP contribution < -0.4 is 5.32 Å². The van der Waals surface area contributed by atoms with Gasteiger partial charge in [-0.05, 0) is 13.3 Å². The minimum atomic E-state index is -4.31. The molecule has 0 heterocycles. The van der Waals surface area contributed by atoms with Crippen molar-refractivity contribution in [3.05, 3.63) is 0 Å². The monoisotopic (exact) mass is 227 g/mol. The maximum Gasteiger partial charge on any atom is 0.401 e. The maximum atomic E-state index is 11.9. The van der Waals surface area contributed by atoms with Gasteiger partial charge in [-0.2, -0.15) is 13.2 Å². The number of rotatable bonds is 6. The summed E-state index contributed by atoms with van der Waals surface area (Å²) < 4.78 is 40.3. The van der Waals surface area contributed by atoms with Gasteiger partial charge in [0.05, 0.1) is 13.2 Å². The minimum absolute atomic E-state index is 0.173. The Labute approximate surface area is 87.0 Å². The average Bonchev–Trinajstić information content (AvgIpc) is 2.11. The highest BCUT2D eigenvalue weighted by molar-refractivity contribution is 5.75. The molecule has 1 N–H and O–H groups in total. The highest BCUT2D eigenvalue weighted by Gasteiger charge is 2.30. The molecule has 15 heavy (non-hydrogen) atoms. The molecule has 0 aliphatic heterocycles. The molecule has 0 aliphatic carbocycles. The van der Waals surface area contributed by atoms with Gasteiger partial charge in [0.15, 0.2) is 0 Å². The molecule has 0 spiro atoms. The molecule has 0 rings (SSSR count). The Morgan fingerprint density at radius 2 is 2.00 bits per heavy atom. The highest BCUT2D eigenvalue weighted by atomic mass is 19.4. The van der Waals surface area contributed by atoms with E-state index in [-0.39, 0.29) is 6.61 Å². The fraction of sp³-hybridized carbons (Fsp3) is 0.889. The second-order valence-corrected chi connectivity index (χ2v) is 3.09. The minimum Gasteiger partial charge on any atom is -0.465 e. The Balaban J connectivity index is 4.09. The van der Waals surface area contributed by atoms with Gasteiger partial charge in [0, 0.05) is 0 Å². The second kappa shape index (κ2) is 6.66. The van der Waals surface area contributed by atoms with Crippen LogP contribution >= 0.6 is 0 Å². The fourth-order valence-electron chi connectivity index (χ4n) is 1.07. The Morgan fingerprint density at radius 1 is 1.40 bits per heavy atom. The van der Waals surface area contributed by atoms with Crippen molar-refractivity contribution in [2.75, 3.05) is 13.2 Å². The smallest absolute Gasteiger partial charge is 0.401 e. The number of ether oxygens (including phenoxy) is 1. The van der Waals surface area contributed by atoms with Crippen molar-refractivity contribution in [1.29, 1.82) is 0 Å². The molecule has 3 nitrogen and oxygen atoms in total. The van der Waals surface area contributed by atoms with Crippen LogP contribution in [0.5, 0.6) is 0 Å². The third-order valence-electron chi connectivity index (χ3n) is 1.70. The lowest BCUT2D eigenvalue weighted by Crippen LogP contribution is -2.42. The normalized spacial score (nSPS) is 13.7. The van der Waals surface area contributed by atoms with E-state index < -0.39 is 24.7 Å². The predicted octanol–water partition coefficient (Wildman–Crippen LogP) is 1.87. The van der Waals surface area contributed by atoms with Crippen LogP contribution in [-0.4, -0.2) is 31.3 Å². The summed E-state index contributed by atoms with van der Waals surface area (Å²) >= 11 is 0. The van der Waals surface area contributed by atoms with E-state index in [1.807, 2.05) is 0 Å². The first-order valence-corrected chi connectivity index (χ1v) is 4.87. The van der Waals surface area contributed by atoms with E-state index in [0.29, 0.717) is 12.8 Å². The molecule has 90 valence electrons. The van der Waals surface area contributed by atoms with E-state index in [1.54, 1.807) is 13.8 Å². The SMILES string of the molecule is CCCC(NCC(F)(F)F)C(=O)OCC. The number of halogens is 3. The molecular formula is C9H16F3NO2. The Morgan fingerprint density at radius 3 is 2.40 bits per heavy atom. The molecule has 0 aromatic heterocycles. The molecule has 0 aromatic carbocycles. The van der Waals surface area contributed by atoms with E-state index in [0.717, 1.165) is 0 Å². The first-order valence-electron chi connectivity index (χ1n) is 4.87. The van der Waals surface area contributed by atoms with Crippen molar-refractivity contribution in [2.24, 2.45) is 0 Å². The molecular weight excluding hydrogens is 211 g/mol. The molecule has 0 amide bonds. The number of alkyl halides is 3. The lowest BCUT2D eigenvalue weighted by atomic mass is 10.1. The summed E-state index contributed by atoms with van der Waals surface area (Å²) in [6.45, 7) is 2.41. The summed E-state index contributed by atoms with van der Waals surface area (Å²) in [6.07, 6.45) is -3.35. The van der Waals surface area contributed by atoms with Crippen LogP contribution in [0.4, 0.5) is 13.2 Å². The van der Waals surface area contributed by atoms with E-state index in [9.17, 15) is 18.0 Å². The number of hydrogen-bond acceptors (Lipinski definition) is 3. The molecule has 0 saturated carbocycles. The quantitative estimate of drug-likeness (QED) is 0.704. The van der Waals surface area contributed by atoms with Crippen LogP contribution in [0.3, 0.4) is 0 Å². The van der Waals surface area contributed by atoms with Crippen molar-refractivity contribution in [1.82, 2.24) is 5.32 Å². The number of carbonyl (C=O) groups is 1. The number of nitrogens with one attached hydrogen (secondary N) is 1. The van der Waals surface area contributed by atoms with Crippen LogP contribution in [-0.2, 0) is 9.53 Å². The van der Waals surface area contributed by atoms with Gasteiger partial charge in [-0.25, -0.2) is 0 Å². The van der Waals surface area contributed by atoms with Gasteiger partial charge >= 0.3 is 12.1 Å². The van der Waals surface area contributed by atoms with Gasteiger partial charge in [0.2, 0.25) is 0 Å². The number of carbonyl (C=O) groups excluding carboxylic acids is 1. The molecule has 1 atom stereocenters.